The van der Waals surface area contributed by atoms with Crippen LogP contribution in [-0.2, 0) is 25.5 Å². The number of nitrogens with zero attached hydrogens (tertiary/aromatic N) is 1. The molecule has 7 heteroatoms. The molecule has 0 unspecified atom stereocenters. The molecule has 23 heavy (non-hydrogen) atoms. The summed E-state index contributed by atoms with van der Waals surface area (Å²) < 4.78 is 15.5. The van der Waals surface area contributed by atoms with Gasteiger partial charge < -0.3 is 19.1 Å². The lowest BCUT2D eigenvalue weighted by Crippen LogP contribution is -2.29. The van der Waals surface area contributed by atoms with E-state index in [1.807, 2.05) is 6.07 Å². The first-order valence-corrected chi connectivity index (χ1v) is 7.23. The van der Waals surface area contributed by atoms with E-state index >= 15 is 0 Å². The predicted molar refractivity (Wildman–Crippen MR) is 76.5 cm³/mol. The number of aryl methyl sites for hydroxylation is 1. The first kappa shape index (κ1) is 13.8. The molecular weight excluding hydrogens is 302 g/mol. The normalized spacial score (nSPS) is 18.7. The summed E-state index contributed by atoms with van der Waals surface area (Å²) in [7, 11) is 1.19. The maximum absolute atomic E-state index is 12.2. The fourth-order valence-corrected chi connectivity index (χ4v) is 3.20. The van der Waals surface area contributed by atoms with Gasteiger partial charge in [-0.2, -0.15) is 0 Å². The van der Waals surface area contributed by atoms with Gasteiger partial charge in [0.15, 0.2) is 11.5 Å². The number of fused-ring (bicyclic) bond motifs is 4. The van der Waals surface area contributed by atoms with Gasteiger partial charge in [0.25, 0.3) is 11.7 Å². The fourth-order valence-electron chi connectivity index (χ4n) is 3.20. The topological polar surface area (TPSA) is 82.1 Å². The Labute approximate surface area is 131 Å². The van der Waals surface area contributed by atoms with E-state index in [-0.39, 0.29) is 12.4 Å². The summed E-state index contributed by atoms with van der Waals surface area (Å²) in [4.78, 5) is 37.9. The van der Waals surface area contributed by atoms with Crippen LogP contribution in [0.1, 0.15) is 17.5 Å². The van der Waals surface area contributed by atoms with Crippen molar-refractivity contribution in [2.24, 2.45) is 0 Å². The Bertz CT molecular complexity index is 794. The molecule has 0 aliphatic carbocycles. The minimum absolute atomic E-state index is 0.128. The van der Waals surface area contributed by atoms with Crippen LogP contribution in [0.2, 0.25) is 0 Å². The van der Waals surface area contributed by atoms with E-state index in [0.29, 0.717) is 42.1 Å². The van der Waals surface area contributed by atoms with Gasteiger partial charge in [0.1, 0.15) is 5.57 Å². The Balaban J connectivity index is 1.99. The first-order valence-electron chi connectivity index (χ1n) is 7.23. The van der Waals surface area contributed by atoms with Gasteiger partial charge in [0.05, 0.1) is 12.8 Å². The number of ether oxygens (including phenoxy) is 3. The number of methoxy groups -OCH3 is 1. The highest BCUT2D eigenvalue weighted by atomic mass is 16.7. The quantitative estimate of drug-likeness (QED) is 0.430. The van der Waals surface area contributed by atoms with Crippen molar-refractivity contribution in [3.05, 3.63) is 28.8 Å². The van der Waals surface area contributed by atoms with Gasteiger partial charge >= 0.3 is 5.97 Å². The minimum Gasteiger partial charge on any atom is -0.465 e. The van der Waals surface area contributed by atoms with Gasteiger partial charge in [0.2, 0.25) is 6.79 Å². The molecule has 0 atom stereocenters. The van der Waals surface area contributed by atoms with E-state index in [0.717, 1.165) is 5.56 Å². The summed E-state index contributed by atoms with van der Waals surface area (Å²) >= 11 is 0. The van der Waals surface area contributed by atoms with Crippen molar-refractivity contribution in [1.82, 2.24) is 4.90 Å². The molecule has 3 aliphatic heterocycles. The molecule has 0 aromatic heterocycles. The number of carbonyl (C=O) groups is 3. The number of hydrogen-bond acceptors (Lipinski definition) is 6. The van der Waals surface area contributed by atoms with E-state index < -0.39 is 17.7 Å². The monoisotopic (exact) mass is 315 g/mol. The Morgan fingerprint density at radius 1 is 1.22 bits per heavy atom. The average molecular weight is 315 g/mol. The van der Waals surface area contributed by atoms with Crippen LogP contribution in [0.4, 0.5) is 0 Å². The number of carbonyl (C=O) groups excluding carboxylic acids is 3. The lowest BCUT2D eigenvalue weighted by Gasteiger charge is -2.18. The number of ketones is 1. The number of esters is 1. The predicted octanol–water partition coefficient (Wildman–Crippen LogP) is 0.657. The van der Waals surface area contributed by atoms with Crippen LogP contribution in [0, 0.1) is 0 Å². The van der Waals surface area contributed by atoms with E-state index in [2.05, 4.69) is 0 Å². The third-order valence-corrected chi connectivity index (χ3v) is 4.24. The van der Waals surface area contributed by atoms with Gasteiger partial charge in [-0.25, -0.2) is 4.79 Å². The Hall–Kier alpha value is -2.83. The van der Waals surface area contributed by atoms with Crippen LogP contribution in [0.25, 0.3) is 5.70 Å². The fraction of sp³-hybridized carbons (Fsp3) is 0.312. The lowest BCUT2D eigenvalue weighted by molar-refractivity contribution is -0.142. The Morgan fingerprint density at radius 2 is 1.96 bits per heavy atom. The second kappa shape index (κ2) is 4.84. The van der Waals surface area contributed by atoms with E-state index in [1.54, 1.807) is 6.07 Å². The molecule has 4 rings (SSSR count). The van der Waals surface area contributed by atoms with Gasteiger partial charge in [-0.05, 0) is 30.5 Å². The maximum atomic E-state index is 12.2. The smallest absolute Gasteiger partial charge is 0.344 e. The second-order valence-electron chi connectivity index (χ2n) is 5.47. The molecule has 118 valence electrons. The zero-order valence-electron chi connectivity index (χ0n) is 12.4. The molecule has 0 fully saturated rings. The number of benzene rings is 1. The molecule has 0 spiro atoms. The van der Waals surface area contributed by atoms with Crippen molar-refractivity contribution in [2.45, 2.75) is 12.8 Å². The highest BCUT2D eigenvalue weighted by Crippen LogP contribution is 2.42. The summed E-state index contributed by atoms with van der Waals surface area (Å²) in [6.07, 6.45) is 1.39. The molecule has 1 amide bonds. The number of amides is 1. The van der Waals surface area contributed by atoms with E-state index in [9.17, 15) is 14.4 Å². The van der Waals surface area contributed by atoms with Crippen molar-refractivity contribution >= 4 is 23.4 Å². The number of Topliss-reactive ketones (excluding diaryl/α,β-unsaturated/α-hetero) is 1. The van der Waals surface area contributed by atoms with Crippen molar-refractivity contribution in [2.75, 3.05) is 20.4 Å². The van der Waals surface area contributed by atoms with Gasteiger partial charge in [-0.1, -0.05) is 0 Å². The molecule has 0 radical (unpaired) electrons. The standard InChI is InChI=1S/C16H13NO6/c1-21-16(20)12-13-9-6-11-10(22-7-23-11)5-8(9)3-2-4-17(13)15(19)14(12)18/h5-6H,2-4,7H2,1H3. The summed E-state index contributed by atoms with van der Waals surface area (Å²) in [5, 5.41) is 0. The third-order valence-electron chi connectivity index (χ3n) is 4.24. The molecular formula is C16H13NO6. The van der Waals surface area contributed by atoms with E-state index in [4.69, 9.17) is 14.2 Å². The first-order chi connectivity index (χ1) is 11.1. The van der Waals surface area contributed by atoms with Gasteiger partial charge in [-0.15, -0.1) is 0 Å². The summed E-state index contributed by atoms with van der Waals surface area (Å²) in [6, 6.07) is 3.57. The molecule has 3 aliphatic rings. The van der Waals surface area contributed by atoms with Crippen LogP contribution < -0.4 is 9.47 Å². The third kappa shape index (κ3) is 1.86. The molecule has 0 saturated carbocycles. The zero-order valence-corrected chi connectivity index (χ0v) is 12.4. The highest BCUT2D eigenvalue weighted by molar-refractivity contribution is 6.54. The van der Waals surface area contributed by atoms with Crippen molar-refractivity contribution in [3.8, 4) is 11.5 Å². The molecule has 1 aromatic carbocycles. The lowest BCUT2D eigenvalue weighted by atomic mass is 9.98. The van der Waals surface area contributed by atoms with E-state index in [1.165, 1.54) is 12.0 Å². The van der Waals surface area contributed by atoms with Crippen LogP contribution in [0.5, 0.6) is 11.5 Å². The Kier molecular flexibility index (Phi) is 2.90. The van der Waals surface area contributed by atoms with Crippen LogP contribution >= 0.6 is 0 Å². The van der Waals surface area contributed by atoms with Crippen molar-refractivity contribution < 1.29 is 28.6 Å². The molecule has 3 heterocycles. The largest absolute Gasteiger partial charge is 0.465 e. The molecule has 0 bridgehead atoms. The molecule has 7 nitrogen and oxygen atoms in total. The molecule has 0 N–H and O–H groups in total. The molecule has 1 aromatic rings. The highest BCUT2D eigenvalue weighted by Gasteiger charge is 2.44. The summed E-state index contributed by atoms with van der Waals surface area (Å²) in [5.41, 5.74) is 1.67. The van der Waals surface area contributed by atoms with Gasteiger partial charge in [-0.3, -0.25) is 9.59 Å². The second-order valence-corrected chi connectivity index (χ2v) is 5.47. The van der Waals surface area contributed by atoms with Crippen LogP contribution in [0.3, 0.4) is 0 Å². The van der Waals surface area contributed by atoms with Crippen LogP contribution in [0.15, 0.2) is 17.7 Å². The molecule has 0 saturated heterocycles. The van der Waals surface area contributed by atoms with Crippen molar-refractivity contribution in [3.63, 3.8) is 0 Å². The Morgan fingerprint density at radius 3 is 2.70 bits per heavy atom. The average Bonchev–Trinajstić information content (AvgIpc) is 3.04. The van der Waals surface area contributed by atoms with Crippen molar-refractivity contribution in [1.29, 1.82) is 0 Å². The number of hydrogen-bond donors (Lipinski definition) is 0. The minimum atomic E-state index is -0.822. The zero-order chi connectivity index (χ0) is 16.1. The van der Waals surface area contributed by atoms with Gasteiger partial charge in [0, 0.05) is 12.1 Å². The SMILES string of the molecule is COC(=O)C1=C2c3cc4c(cc3CCCN2C(=O)C1=O)OCO4. The number of rotatable bonds is 1. The summed E-state index contributed by atoms with van der Waals surface area (Å²) in [6.45, 7) is 0.504. The van der Waals surface area contributed by atoms with Crippen LogP contribution in [-0.4, -0.2) is 43.0 Å². The maximum Gasteiger partial charge on any atom is 0.344 e. The summed E-state index contributed by atoms with van der Waals surface area (Å²) in [5.74, 6) is -1.14.